The topological polar surface area (TPSA) is 15.6 Å². The number of halogens is 1. The molecule has 0 atom stereocenters. The molecule has 92 valence electrons. The highest BCUT2D eigenvalue weighted by molar-refractivity contribution is 6.30. The van der Waals surface area contributed by atoms with E-state index in [-0.39, 0.29) is 0 Å². The summed E-state index contributed by atoms with van der Waals surface area (Å²) in [5.41, 5.74) is 1.71. The van der Waals surface area contributed by atoms with Crippen LogP contribution in [0.3, 0.4) is 0 Å². The lowest BCUT2D eigenvalue weighted by Gasteiger charge is -2.41. The molecule has 1 aromatic carbocycles. The molecule has 17 heavy (non-hydrogen) atoms. The second-order valence-electron chi connectivity index (χ2n) is 4.99. The van der Waals surface area contributed by atoms with Gasteiger partial charge in [-0.05, 0) is 37.0 Å². The van der Waals surface area contributed by atoms with Gasteiger partial charge < -0.3 is 5.01 Å². The molecule has 1 aromatic rings. The molecular weight excluding hydrogens is 232 g/mol. The monoisotopic (exact) mass is 250 g/mol. The first kappa shape index (κ1) is 12.4. The maximum absolute atomic E-state index is 5.94. The zero-order chi connectivity index (χ0) is 12.3. The molecule has 0 bridgehead atoms. The molecule has 1 fully saturated rings. The number of nitrogens with zero attached hydrogens (tertiary/aromatic N) is 2. The summed E-state index contributed by atoms with van der Waals surface area (Å²) in [6.45, 7) is 0. The maximum atomic E-state index is 5.94. The molecule has 0 amide bonds. The van der Waals surface area contributed by atoms with Gasteiger partial charge in [0.25, 0.3) is 0 Å². The van der Waals surface area contributed by atoms with Crippen molar-refractivity contribution in [1.29, 1.82) is 0 Å². The highest BCUT2D eigenvalue weighted by atomic mass is 35.5. The number of rotatable bonds is 4. The third-order valence-electron chi connectivity index (χ3n) is 3.56. The lowest BCUT2D eigenvalue weighted by atomic mass is 9.63. The molecule has 0 N–H and O–H groups in total. The highest BCUT2D eigenvalue weighted by Crippen LogP contribution is 2.46. The summed E-state index contributed by atoms with van der Waals surface area (Å²) in [7, 11) is 3.90. The van der Waals surface area contributed by atoms with Crippen LogP contribution in [0.2, 0.25) is 5.02 Å². The summed E-state index contributed by atoms with van der Waals surface area (Å²) in [6.07, 6.45) is 6.89. The van der Waals surface area contributed by atoms with Crippen molar-refractivity contribution in [3.05, 3.63) is 34.9 Å². The van der Waals surface area contributed by atoms with Crippen LogP contribution >= 0.6 is 11.6 Å². The van der Waals surface area contributed by atoms with Crippen LogP contribution in [0.1, 0.15) is 31.2 Å². The molecule has 0 unspecified atom stereocenters. The van der Waals surface area contributed by atoms with Crippen molar-refractivity contribution >= 4 is 17.8 Å². The normalized spacial score (nSPS) is 18.1. The van der Waals surface area contributed by atoms with E-state index in [4.69, 9.17) is 11.6 Å². The molecule has 0 aromatic heterocycles. The molecule has 0 spiro atoms. The van der Waals surface area contributed by atoms with Crippen LogP contribution in [0.25, 0.3) is 0 Å². The van der Waals surface area contributed by atoms with Gasteiger partial charge in [-0.3, -0.25) is 0 Å². The van der Waals surface area contributed by atoms with E-state index in [1.165, 1.54) is 24.8 Å². The molecule has 1 aliphatic carbocycles. The van der Waals surface area contributed by atoms with Crippen LogP contribution in [0.4, 0.5) is 0 Å². The van der Waals surface area contributed by atoms with Crippen LogP contribution in [0.5, 0.6) is 0 Å². The minimum atomic E-state index is 0.310. The Morgan fingerprint density at radius 2 is 1.94 bits per heavy atom. The minimum absolute atomic E-state index is 0.310. The average Bonchev–Trinajstić information content (AvgIpc) is 2.23. The Morgan fingerprint density at radius 1 is 1.29 bits per heavy atom. The van der Waals surface area contributed by atoms with Gasteiger partial charge in [-0.15, -0.1) is 0 Å². The summed E-state index contributed by atoms with van der Waals surface area (Å²) < 4.78 is 0. The Kier molecular flexibility index (Phi) is 3.72. The summed E-state index contributed by atoms with van der Waals surface area (Å²) in [5.74, 6) is 0. The fraction of sp³-hybridized carbons (Fsp3) is 0.500. The molecule has 2 nitrogen and oxygen atoms in total. The fourth-order valence-electron chi connectivity index (χ4n) is 2.40. The van der Waals surface area contributed by atoms with Gasteiger partial charge in [0.1, 0.15) is 0 Å². The van der Waals surface area contributed by atoms with Crippen molar-refractivity contribution < 1.29 is 0 Å². The molecule has 0 aliphatic heterocycles. The lowest BCUT2D eigenvalue weighted by molar-refractivity contribution is 0.254. The summed E-state index contributed by atoms with van der Waals surface area (Å²) in [4.78, 5) is 0. The average molecular weight is 251 g/mol. The Balaban J connectivity index is 2.11. The highest BCUT2D eigenvalue weighted by Gasteiger charge is 2.37. The van der Waals surface area contributed by atoms with Crippen molar-refractivity contribution in [2.75, 3.05) is 14.1 Å². The number of hydrogen-bond donors (Lipinski definition) is 0. The smallest absolute Gasteiger partial charge is 0.0406 e. The van der Waals surface area contributed by atoms with Crippen LogP contribution in [-0.2, 0) is 5.41 Å². The van der Waals surface area contributed by atoms with Gasteiger partial charge >= 0.3 is 0 Å². The molecular formula is C14H19ClN2. The standard InChI is InChI=1S/C14H19ClN2/c1-17(2)16-11-10-14(8-3-9-14)12-4-6-13(15)7-5-12/h4-7,11H,3,8-10H2,1-2H3. The number of benzene rings is 1. The Bertz CT molecular complexity index is 391. The van der Waals surface area contributed by atoms with Crippen molar-refractivity contribution in [2.45, 2.75) is 31.1 Å². The van der Waals surface area contributed by atoms with Gasteiger partial charge in [0, 0.05) is 30.7 Å². The molecule has 3 heteroatoms. The zero-order valence-electron chi connectivity index (χ0n) is 10.5. The van der Waals surface area contributed by atoms with E-state index in [1.807, 2.05) is 37.5 Å². The minimum Gasteiger partial charge on any atom is -0.303 e. The summed E-state index contributed by atoms with van der Waals surface area (Å²) in [5, 5.41) is 6.97. The van der Waals surface area contributed by atoms with E-state index in [0.29, 0.717) is 5.41 Å². The van der Waals surface area contributed by atoms with Crippen molar-refractivity contribution in [2.24, 2.45) is 5.10 Å². The van der Waals surface area contributed by atoms with Crippen LogP contribution < -0.4 is 0 Å². The van der Waals surface area contributed by atoms with Gasteiger partial charge in [0.05, 0.1) is 0 Å². The quantitative estimate of drug-likeness (QED) is 0.588. The van der Waals surface area contributed by atoms with Crippen molar-refractivity contribution in [3.63, 3.8) is 0 Å². The molecule has 0 saturated heterocycles. The zero-order valence-corrected chi connectivity index (χ0v) is 11.2. The van der Waals surface area contributed by atoms with E-state index in [2.05, 4.69) is 17.2 Å². The van der Waals surface area contributed by atoms with Crippen LogP contribution in [-0.4, -0.2) is 25.3 Å². The predicted molar refractivity (Wildman–Crippen MR) is 73.8 cm³/mol. The van der Waals surface area contributed by atoms with E-state index in [9.17, 15) is 0 Å². The SMILES string of the molecule is CN(C)N=CCC1(c2ccc(Cl)cc2)CCC1. The van der Waals surface area contributed by atoms with Crippen molar-refractivity contribution in [3.8, 4) is 0 Å². The molecule has 0 heterocycles. The maximum Gasteiger partial charge on any atom is 0.0406 e. The van der Waals surface area contributed by atoms with E-state index in [0.717, 1.165) is 11.4 Å². The second-order valence-corrected chi connectivity index (χ2v) is 5.43. The fourth-order valence-corrected chi connectivity index (χ4v) is 2.52. The molecule has 1 aliphatic rings. The van der Waals surface area contributed by atoms with E-state index in [1.54, 1.807) is 0 Å². The third kappa shape index (κ3) is 2.81. The molecule has 0 radical (unpaired) electrons. The van der Waals surface area contributed by atoms with Gasteiger partial charge in [-0.2, -0.15) is 5.10 Å². The Hall–Kier alpha value is -1.02. The largest absolute Gasteiger partial charge is 0.303 e. The second kappa shape index (κ2) is 5.09. The first-order valence-electron chi connectivity index (χ1n) is 6.08. The van der Waals surface area contributed by atoms with E-state index >= 15 is 0 Å². The number of hydrazone groups is 1. The van der Waals surface area contributed by atoms with E-state index < -0.39 is 0 Å². The summed E-state index contributed by atoms with van der Waals surface area (Å²) in [6, 6.07) is 8.29. The van der Waals surface area contributed by atoms with Crippen molar-refractivity contribution in [1.82, 2.24) is 5.01 Å². The first-order chi connectivity index (χ1) is 8.12. The molecule has 1 saturated carbocycles. The molecule has 2 rings (SSSR count). The first-order valence-corrected chi connectivity index (χ1v) is 6.46. The van der Waals surface area contributed by atoms with Gasteiger partial charge in [0.15, 0.2) is 0 Å². The van der Waals surface area contributed by atoms with Crippen LogP contribution in [0.15, 0.2) is 29.4 Å². The van der Waals surface area contributed by atoms with Gasteiger partial charge in [-0.1, -0.05) is 30.2 Å². The van der Waals surface area contributed by atoms with Crippen LogP contribution in [0, 0.1) is 0 Å². The van der Waals surface area contributed by atoms with Gasteiger partial charge in [0.2, 0.25) is 0 Å². The predicted octanol–water partition coefficient (Wildman–Crippen LogP) is 3.70. The Morgan fingerprint density at radius 3 is 2.41 bits per heavy atom. The number of hydrogen-bond acceptors (Lipinski definition) is 2. The summed E-state index contributed by atoms with van der Waals surface area (Å²) >= 11 is 5.94. The van der Waals surface area contributed by atoms with Gasteiger partial charge in [-0.25, -0.2) is 0 Å². The third-order valence-corrected chi connectivity index (χ3v) is 3.81. The Labute approximate surface area is 108 Å². The lowest BCUT2D eigenvalue weighted by Crippen LogP contribution is -2.34.